The van der Waals surface area contributed by atoms with Gasteiger partial charge < -0.3 is 4.90 Å². The summed E-state index contributed by atoms with van der Waals surface area (Å²) in [6, 6.07) is 0.116. The molecule has 1 heterocycles. The van der Waals surface area contributed by atoms with Crippen LogP contribution in [-0.2, 0) is 9.59 Å². The van der Waals surface area contributed by atoms with Crippen LogP contribution in [0, 0.1) is 0 Å². The second-order valence-corrected chi connectivity index (χ2v) is 2.55. The van der Waals surface area contributed by atoms with E-state index in [1.54, 1.807) is 11.9 Å². The normalized spacial score (nSPS) is 25.5. The van der Waals surface area contributed by atoms with E-state index in [0.29, 0.717) is 12.8 Å². The maximum Gasteiger partial charge on any atom is 0.222 e. The van der Waals surface area contributed by atoms with Gasteiger partial charge in [-0.2, -0.15) is 0 Å². The highest BCUT2D eigenvalue weighted by Gasteiger charge is 2.26. The van der Waals surface area contributed by atoms with Crippen molar-refractivity contribution in [3.05, 3.63) is 0 Å². The summed E-state index contributed by atoms with van der Waals surface area (Å²) in [6.45, 7) is 0. The highest BCUT2D eigenvalue weighted by atomic mass is 16.2. The molecule has 0 N–H and O–H groups in total. The zero-order chi connectivity index (χ0) is 7.56. The van der Waals surface area contributed by atoms with Crippen LogP contribution >= 0.6 is 0 Å². The number of carbonyl (C=O) groups excluding carboxylic acids is 2. The molecule has 1 aliphatic rings. The summed E-state index contributed by atoms with van der Waals surface area (Å²) in [7, 11) is 1.73. The van der Waals surface area contributed by atoms with Crippen LogP contribution in [0.5, 0.6) is 0 Å². The van der Waals surface area contributed by atoms with Crippen molar-refractivity contribution in [2.24, 2.45) is 0 Å². The van der Waals surface area contributed by atoms with Crippen molar-refractivity contribution in [2.75, 3.05) is 7.05 Å². The molecule has 1 saturated heterocycles. The third kappa shape index (κ3) is 1.17. The summed E-state index contributed by atoms with van der Waals surface area (Å²) in [4.78, 5) is 22.4. The van der Waals surface area contributed by atoms with Crippen LogP contribution in [0.4, 0.5) is 0 Å². The standard InChI is InChI=1S/C7H10NO2/c1-8-6(4-5-9)2-3-7(8)10/h6H,2-4H2,1H3/t6-/m1/s1. The Hall–Kier alpha value is -0.860. The van der Waals surface area contributed by atoms with Crippen LogP contribution in [0.25, 0.3) is 0 Å². The van der Waals surface area contributed by atoms with Crippen molar-refractivity contribution < 1.29 is 9.59 Å². The summed E-state index contributed by atoms with van der Waals surface area (Å²) in [5.41, 5.74) is 0. The van der Waals surface area contributed by atoms with Gasteiger partial charge in [0.15, 0.2) is 0 Å². The molecule has 10 heavy (non-hydrogen) atoms. The van der Waals surface area contributed by atoms with E-state index in [1.807, 2.05) is 6.29 Å². The number of nitrogens with zero attached hydrogens (tertiary/aromatic N) is 1. The average molecular weight is 140 g/mol. The molecule has 0 unspecified atom stereocenters. The molecular formula is C7H10NO2. The molecule has 0 saturated carbocycles. The van der Waals surface area contributed by atoms with Crippen molar-refractivity contribution in [1.82, 2.24) is 4.90 Å². The molecule has 3 nitrogen and oxygen atoms in total. The van der Waals surface area contributed by atoms with E-state index >= 15 is 0 Å². The number of amides is 1. The molecule has 0 spiro atoms. The predicted octanol–water partition coefficient (Wildman–Crippen LogP) is 0.107. The van der Waals surface area contributed by atoms with Gasteiger partial charge in [-0.05, 0) is 6.42 Å². The minimum absolute atomic E-state index is 0.116. The molecule has 0 aliphatic carbocycles. The van der Waals surface area contributed by atoms with Crippen molar-refractivity contribution in [2.45, 2.75) is 25.3 Å². The number of rotatable bonds is 2. The molecule has 3 heteroatoms. The Morgan fingerprint density at radius 3 is 2.90 bits per heavy atom. The summed E-state index contributed by atoms with van der Waals surface area (Å²) in [5, 5.41) is 0. The van der Waals surface area contributed by atoms with E-state index < -0.39 is 0 Å². The van der Waals surface area contributed by atoms with Crippen molar-refractivity contribution in [3.8, 4) is 0 Å². The zero-order valence-corrected chi connectivity index (χ0v) is 5.96. The Balaban J connectivity index is 2.48. The van der Waals surface area contributed by atoms with Crippen LogP contribution < -0.4 is 0 Å². The fourth-order valence-electron chi connectivity index (χ4n) is 1.20. The molecule has 1 aliphatic heterocycles. The van der Waals surface area contributed by atoms with Gasteiger partial charge in [0, 0.05) is 25.9 Å². The van der Waals surface area contributed by atoms with Crippen LogP contribution in [0.1, 0.15) is 19.3 Å². The molecule has 1 amide bonds. The lowest BCUT2D eigenvalue weighted by Crippen LogP contribution is -2.28. The molecule has 55 valence electrons. The average Bonchev–Trinajstić information content (AvgIpc) is 2.20. The summed E-state index contributed by atoms with van der Waals surface area (Å²) < 4.78 is 0. The second-order valence-electron chi connectivity index (χ2n) is 2.55. The molecule has 0 aromatic heterocycles. The van der Waals surface area contributed by atoms with Crippen LogP contribution in [-0.4, -0.2) is 30.2 Å². The van der Waals surface area contributed by atoms with E-state index in [1.165, 1.54) is 0 Å². The largest absolute Gasteiger partial charge is 0.342 e. The van der Waals surface area contributed by atoms with E-state index in [-0.39, 0.29) is 11.9 Å². The summed E-state index contributed by atoms with van der Waals surface area (Å²) >= 11 is 0. The maximum atomic E-state index is 10.9. The monoisotopic (exact) mass is 140 g/mol. The maximum absolute atomic E-state index is 10.9. The van der Waals surface area contributed by atoms with Crippen molar-refractivity contribution >= 4 is 12.2 Å². The van der Waals surface area contributed by atoms with Gasteiger partial charge in [-0.1, -0.05) is 0 Å². The Bertz CT molecular complexity index is 156. The molecular weight excluding hydrogens is 130 g/mol. The molecule has 0 aromatic carbocycles. The fraction of sp³-hybridized carbons (Fsp3) is 0.714. The zero-order valence-electron chi connectivity index (χ0n) is 5.96. The van der Waals surface area contributed by atoms with Gasteiger partial charge in [0.2, 0.25) is 12.2 Å². The Labute approximate surface area is 60.0 Å². The Morgan fingerprint density at radius 1 is 1.80 bits per heavy atom. The SMILES string of the molecule is CN1C(=O)CC[C@@H]1C[C]=O. The lowest BCUT2D eigenvalue weighted by Gasteiger charge is -2.16. The first-order chi connectivity index (χ1) is 4.75. The highest BCUT2D eigenvalue weighted by Crippen LogP contribution is 2.17. The topological polar surface area (TPSA) is 37.4 Å². The Morgan fingerprint density at radius 2 is 2.50 bits per heavy atom. The van der Waals surface area contributed by atoms with Gasteiger partial charge in [0.05, 0.1) is 0 Å². The summed E-state index contributed by atoms with van der Waals surface area (Å²) in [6.07, 6.45) is 3.58. The number of carbonyl (C=O) groups is 1. The number of hydrogen-bond acceptors (Lipinski definition) is 2. The lowest BCUT2D eigenvalue weighted by molar-refractivity contribution is -0.127. The lowest BCUT2D eigenvalue weighted by atomic mass is 10.2. The first-order valence-corrected chi connectivity index (χ1v) is 3.36. The van der Waals surface area contributed by atoms with Gasteiger partial charge in [0.1, 0.15) is 0 Å². The van der Waals surface area contributed by atoms with Crippen LogP contribution in [0.2, 0.25) is 0 Å². The second kappa shape index (κ2) is 2.82. The molecule has 0 aromatic rings. The van der Waals surface area contributed by atoms with Crippen molar-refractivity contribution in [3.63, 3.8) is 0 Å². The van der Waals surface area contributed by atoms with Gasteiger partial charge in [-0.25, -0.2) is 0 Å². The summed E-state index contributed by atoms with van der Waals surface area (Å²) in [5.74, 6) is 0.139. The van der Waals surface area contributed by atoms with E-state index in [0.717, 1.165) is 6.42 Å². The smallest absolute Gasteiger partial charge is 0.222 e. The fourth-order valence-corrected chi connectivity index (χ4v) is 1.20. The molecule has 1 fully saturated rings. The molecule has 1 atom stereocenters. The first kappa shape index (κ1) is 7.25. The van der Waals surface area contributed by atoms with E-state index in [2.05, 4.69) is 0 Å². The van der Waals surface area contributed by atoms with Gasteiger partial charge >= 0.3 is 0 Å². The molecule has 0 bridgehead atoms. The predicted molar refractivity (Wildman–Crippen MR) is 36.1 cm³/mol. The first-order valence-electron chi connectivity index (χ1n) is 3.36. The van der Waals surface area contributed by atoms with E-state index in [4.69, 9.17) is 0 Å². The third-order valence-corrected chi connectivity index (χ3v) is 1.95. The van der Waals surface area contributed by atoms with Gasteiger partial charge in [0.25, 0.3) is 0 Å². The Kier molecular flexibility index (Phi) is 2.04. The van der Waals surface area contributed by atoms with E-state index in [9.17, 15) is 9.59 Å². The van der Waals surface area contributed by atoms with Crippen LogP contribution in [0.3, 0.4) is 0 Å². The molecule has 1 radical (unpaired) electrons. The quantitative estimate of drug-likeness (QED) is 0.545. The highest BCUT2D eigenvalue weighted by molar-refractivity contribution is 5.79. The van der Waals surface area contributed by atoms with Gasteiger partial charge in [-0.15, -0.1) is 0 Å². The van der Waals surface area contributed by atoms with Gasteiger partial charge in [-0.3, -0.25) is 9.59 Å². The minimum atomic E-state index is 0.116. The van der Waals surface area contributed by atoms with Crippen LogP contribution in [0.15, 0.2) is 0 Å². The van der Waals surface area contributed by atoms with Crippen molar-refractivity contribution in [1.29, 1.82) is 0 Å². The minimum Gasteiger partial charge on any atom is -0.342 e. The number of likely N-dealkylation sites (tertiary alicyclic amines) is 1. The molecule has 1 rings (SSSR count). The third-order valence-electron chi connectivity index (χ3n) is 1.95. The number of hydrogen-bond donors (Lipinski definition) is 0.